The first-order valence-corrected chi connectivity index (χ1v) is 7.97. The average molecular weight is 349 g/mol. The fourth-order valence-corrected chi connectivity index (χ4v) is 2.77. The number of hydrogen-bond donors (Lipinski definition) is 1. The van der Waals surface area contributed by atoms with E-state index in [4.69, 9.17) is 4.74 Å². The second-order valence-electron chi connectivity index (χ2n) is 7.68. The fraction of sp³-hybridized carbons (Fsp3) is 0.529. The summed E-state index contributed by atoms with van der Waals surface area (Å²) in [6, 6.07) is 4.52. The van der Waals surface area contributed by atoms with Crippen molar-refractivity contribution in [1.29, 1.82) is 0 Å². The summed E-state index contributed by atoms with van der Waals surface area (Å²) in [6.07, 6.45) is -0.682. The van der Waals surface area contributed by atoms with Crippen molar-refractivity contribution in [2.24, 2.45) is 0 Å². The predicted molar refractivity (Wildman–Crippen MR) is 92.7 cm³/mol. The van der Waals surface area contributed by atoms with Gasteiger partial charge in [-0.25, -0.2) is 4.79 Å². The van der Waals surface area contributed by atoms with E-state index in [0.29, 0.717) is 12.2 Å². The van der Waals surface area contributed by atoms with E-state index >= 15 is 0 Å². The van der Waals surface area contributed by atoms with Crippen molar-refractivity contribution in [3.05, 3.63) is 33.9 Å². The molecule has 1 aliphatic rings. The fourth-order valence-electron chi connectivity index (χ4n) is 2.77. The summed E-state index contributed by atoms with van der Waals surface area (Å²) in [4.78, 5) is 36.2. The molecule has 8 heteroatoms. The van der Waals surface area contributed by atoms with E-state index in [0.717, 1.165) is 5.56 Å². The number of rotatable bonds is 3. The van der Waals surface area contributed by atoms with Crippen LogP contribution >= 0.6 is 0 Å². The molecule has 0 saturated heterocycles. The summed E-state index contributed by atoms with van der Waals surface area (Å²) in [7, 11) is 0. The number of nitro groups is 1. The molecule has 0 spiro atoms. The maximum atomic E-state index is 12.5. The quantitative estimate of drug-likeness (QED) is 0.668. The number of carbonyl (C=O) groups is 2. The summed E-state index contributed by atoms with van der Waals surface area (Å²) >= 11 is 0. The van der Waals surface area contributed by atoms with Crippen LogP contribution in [0.15, 0.2) is 18.2 Å². The molecule has 25 heavy (non-hydrogen) atoms. The van der Waals surface area contributed by atoms with E-state index < -0.39 is 16.6 Å². The van der Waals surface area contributed by atoms with Gasteiger partial charge in [0.2, 0.25) is 5.91 Å². The van der Waals surface area contributed by atoms with E-state index in [1.807, 2.05) is 13.8 Å². The van der Waals surface area contributed by atoms with E-state index in [1.54, 1.807) is 26.8 Å². The summed E-state index contributed by atoms with van der Waals surface area (Å²) < 4.78 is 5.10. The number of alkyl carbamates (subject to hydrolysis) is 1. The van der Waals surface area contributed by atoms with Gasteiger partial charge in [-0.05, 0) is 32.4 Å². The molecule has 8 nitrogen and oxygen atoms in total. The lowest BCUT2D eigenvalue weighted by Crippen LogP contribution is -2.42. The molecule has 0 atom stereocenters. The molecular weight excluding hydrogens is 326 g/mol. The molecule has 2 amide bonds. The number of nitrogens with one attached hydrogen (secondary N) is 1. The van der Waals surface area contributed by atoms with Crippen molar-refractivity contribution in [1.82, 2.24) is 5.32 Å². The molecule has 0 aromatic heterocycles. The van der Waals surface area contributed by atoms with Crippen LogP contribution in [-0.2, 0) is 14.9 Å². The van der Waals surface area contributed by atoms with Gasteiger partial charge in [0, 0.05) is 24.1 Å². The van der Waals surface area contributed by atoms with Gasteiger partial charge in [0.05, 0.1) is 10.6 Å². The van der Waals surface area contributed by atoms with Crippen LogP contribution in [0.5, 0.6) is 0 Å². The van der Waals surface area contributed by atoms with E-state index in [-0.39, 0.29) is 23.6 Å². The Hall–Kier alpha value is -2.64. The number of anilines is 1. The van der Waals surface area contributed by atoms with E-state index in [9.17, 15) is 19.7 Å². The van der Waals surface area contributed by atoms with Gasteiger partial charge in [0.25, 0.3) is 5.69 Å². The molecule has 0 saturated carbocycles. The van der Waals surface area contributed by atoms with Crippen molar-refractivity contribution in [3.63, 3.8) is 0 Å². The molecule has 2 rings (SSSR count). The molecule has 1 aromatic rings. The van der Waals surface area contributed by atoms with Gasteiger partial charge < -0.3 is 15.0 Å². The Kier molecular flexibility index (Phi) is 4.74. The highest BCUT2D eigenvalue weighted by Crippen LogP contribution is 2.42. The predicted octanol–water partition coefficient (Wildman–Crippen LogP) is 2.74. The molecule has 0 fully saturated rings. The van der Waals surface area contributed by atoms with Gasteiger partial charge in [-0.1, -0.05) is 13.8 Å². The Morgan fingerprint density at radius 2 is 2.00 bits per heavy atom. The number of non-ortho nitro benzene ring substituents is 1. The third-order valence-electron chi connectivity index (χ3n) is 3.85. The van der Waals surface area contributed by atoms with Gasteiger partial charge in [0.15, 0.2) is 0 Å². The first-order chi connectivity index (χ1) is 11.4. The molecule has 1 aliphatic heterocycles. The first-order valence-electron chi connectivity index (χ1n) is 7.97. The van der Waals surface area contributed by atoms with Gasteiger partial charge in [0.1, 0.15) is 12.1 Å². The number of ether oxygens (including phenoxy) is 1. The molecular formula is C17H23N3O5. The highest BCUT2D eigenvalue weighted by Gasteiger charge is 2.39. The minimum absolute atomic E-state index is 0.0747. The maximum Gasteiger partial charge on any atom is 0.408 e. The van der Waals surface area contributed by atoms with Crippen LogP contribution in [0.1, 0.15) is 40.2 Å². The van der Waals surface area contributed by atoms with E-state index in [2.05, 4.69) is 5.32 Å². The van der Waals surface area contributed by atoms with Crippen LogP contribution in [0.4, 0.5) is 16.2 Å². The second kappa shape index (κ2) is 6.34. The van der Waals surface area contributed by atoms with Crippen molar-refractivity contribution in [3.8, 4) is 0 Å². The van der Waals surface area contributed by atoms with Gasteiger partial charge in [-0.15, -0.1) is 0 Å². The Bertz CT molecular complexity index is 721. The molecule has 1 N–H and O–H groups in total. The third kappa shape index (κ3) is 4.26. The number of fused-ring (bicyclic) bond motifs is 1. The Morgan fingerprint density at radius 3 is 2.56 bits per heavy atom. The summed E-state index contributed by atoms with van der Waals surface area (Å²) in [5.41, 5.74) is 0.315. The zero-order valence-electron chi connectivity index (χ0n) is 15.1. The van der Waals surface area contributed by atoms with Crippen LogP contribution in [0.2, 0.25) is 0 Å². The van der Waals surface area contributed by atoms with Crippen LogP contribution in [0.3, 0.4) is 0 Å². The normalized spacial score (nSPS) is 15.5. The van der Waals surface area contributed by atoms with Gasteiger partial charge in [-0.3, -0.25) is 14.9 Å². The lowest BCUT2D eigenvalue weighted by Gasteiger charge is -2.22. The average Bonchev–Trinajstić information content (AvgIpc) is 2.74. The largest absolute Gasteiger partial charge is 0.444 e. The molecule has 1 aromatic carbocycles. The molecule has 0 unspecified atom stereocenters. The number of nitrogens with zero attached hydrogens (tertiary/aromatic N) is 2. The topological polar surface area (TPSA) is 102 Å². The SMILES string of the molecule is CC(C)(C)OC(=O)NCC(=O)N1CC(C)(C)c2ccc([N+](=O)[O-])cc21. The minimum atomic E-state index is -0.682. The minimum Gasteiger partial charge on any atom is -0.444 e. The standard InChI is InChI=1S/C17H23N3O5/c1-16(2,3)25-15(22)18-9-14(21)19-10-17(4,5)12-7-6-11(20(23)24)8-13(12)19/h6-8H,9-10H2,1-5H3,(H,18,22). The first kappa shape index (κ1) is 18.7. The lowest BCUT2D eigenvalue weighted by molar-refractivity contribution is -0.384. The monoisotopic (exact) mass is 349 g/mol. The summed E-state index contributed by atoms with van der Waals surface area (Å²) in [6.45, 7) is 9.26. The number of carbonyl (C=O) groups excluding carboxylic acids is 2. The van der Waals surface area contributed by atoms with Crippen LogP contribution in [0, 0.1) is 10.1 Å². The number of nitro benzene ring substituents is 1. The van der Waals surface area contributed by atoms with Crippen LogP contribution < -0.4 is 10.2 Å². The zero-order valence-corrected chi connectivity index (χ0v) is 15.1. The lowest BCUT2D eigenvalue weighted by atomic mass is 9.87. The molecule has 0 bridgehead atoms. The van der Waals surface area contributed by atoms with Crippen LogP contribution in [0.25, 0.3) is 0 Å². The Labute approximate surface area is 146 Å². The number of hydrogen-bond acceptors (Lipinski definition) is 5. The highest BCUT2D eigenvalue weighted by atomic mass is 16.6. The summed E-state index contributed by atoms with van der Waals surface area (Å²) in [5.74, 6) is -0.349. The number of benzene rings is 1. The molecule has 0 aliphatic carbocycles. The molecule has 136 valence electrons. The van der Waals surface area contributed by atoms with Crippen molar-refractivity contribution in [2.45, 2.75) is 45.6 Å². The van der Waals surface area contributed by atoms with Gasteiger partial charge in [-0.2, -0.15) is 0 Å². The van der Waals surface area contributed by atoms with Gasteiger partial charge >= 0.3 is 6.09 Å². The second-order valence-corrected chi connectivity index (χ2v) is 7.68. The van der Waals surface area contributed by atoms with E-state index in [1.165, 1.54) is 17.0 Å². The van der Waals surface area contributed by atoms with Crippen molar-refractivity contribution < 1.29 is 19.2 Å². The van der Waals surface area contributed by atoms with Crippen LogP contribution in [-0.4, -0.2) is 35.6 Å². The highest BCUT2D eigenvalue weighted by molar-refractivity contribution is 5.99. The van der Waals surface area contributed by atoms with Crippen molar-refractivity contribution in [2.75, 3.05) is 18.0 Å². The zero-order chi connectivity index (χ0) is 19.0. The molecule has 0 radical (unpaired) electrons. The number of amides is 2. The smallest absolute Gasteiger partial charge is 0.408 e. The summed E-state index contributed by atoms with van der Waals surface area (Å²) in [5, 5.41) is 13.4. The third-order valence-corrected chi connectivity index (χ3v) is 3.85. The Balaban J connectivity index is 2.16. The Morgan fingerprint density at radius 1 is 1.36 bits per heavy atom. The molecule has 1 heterocycles. The van der Waals surface area contributed by atoms with Crippen molar-refractivity contribution >= 4 is 23.4 Å². The maximum absolute atomic E-state index is 12.5.